The van der Waals surface area contributed by atoms with Crippen LogP contribution in [0.15, 0.2) is 79.1 Å². The molecule has 1 aromatic heterocycles. The van der Waals surface area contributed by atoms with E-state index in [1.54, 1.807) is 0 Å². The van der Waals surface area contributed by atoms with E-state index < -0.39 is 0 Å². The van der Waals surface area contributed by atoms with Crippen LogP contribution in [0.3, 0.4) is 0 Å². The summed E-state index contributed by atoms with van der Waals surface area (Å²) in [6, 6.07) is 24.2. The third kappa shape index (κ3) is 2.52. The van der Waals surface area contributed by atoms with Crippen molar-refractivity contribution in [3.8, 4) is 28.2 Å². The molecule has 0 radical (unpaired) electrons. The summed E-state index contributed by atoms with van der Waals surface area (Å²) in [5.74, 6) is 1.30. The Balaban J connectivity index is 1.79. The lowest BCUT2D eigenvalue weighted by atomic mass is 9.92. The van der Waals surface area contributed by atoms with Crippen LogP contribution in [0.5, 0.6) is 0 Å². The van der Waals surface area contributed by atoms with Crippen molar-refractivity contribution in [1.29, 1.82) is 0 Å². The van der Waals surface area contributed by atoms with E-state index in [4.69, 9.17) is 0 Å². The minimum Gasteiger partial charge on any atom is -0.225 e. The Morgan fingerprint density at radius 2 is 1.61 bits per heavy atom. The van der Waals surface area contributed by atoms with Crippen molar-refractivity contribution in [3.05, 3.63) is 95.8 Å². The van der Waals surface area contributed by atoms with E-state index in [1.165, 1.54) is 44.9 Å². The summed E-state index contributed by atoms with van der Waals surface area (Å²) >= 11 is 0. The number of nitrogens with zero attached hydrogens (tertiary/aromatic N) is 2. The first-order valence-electron chi connectivity index (χ1n) is 10.2. The van der Waals surface area contributed by atoms with Gasteiger partial charge in [0.1, 0.15) is 24.6 Å². The van der Waals surface area contributed by atoms with Gasteiger partial charge >= 0.3 is 0 Å². The van der Waals surface area contributed by atoms with Gasteiger partial charge in [-0.3, -0.25) is 0 Å². The van der Waals surface area contributed by atoms with Crippen molar-refractivity contribution in [2.24, 2.45) is 0 Å². The highest BCUT2D eigenvalue weighted by molar-refractivity contribution is 5.74. The molecule has 1 aliphatic heterocycles. The first-order chi connectivity index (χ1) is 13.8. The molecule has 138 valence electrons. The van der Waals surface area contributed by atoms with Gasteiger partial charge in [-0.1, -0.05) is 74.5 Å². The van der Waals surface area contributed by atoms with Crippen molar-refractivity contribution in [1.82, 2.24) is 4.57 Å². The molecule has 4 aromatic rings. The minimum atomic E-state index is 0.958. The maximum absolute atomic E-state index is 2.43. The van der Waals surface area contributed by atoms with E-state index in [-0.39, 0.29) is 0 Å². The smallest absolute Gasteiger partial charge is 0.225 e. The quantitative estimate of drug-likeness (QED) is 0.367. The lowest BCUT2D eigenvalue weighted by Crippen LogP contribution is -2.30. The SMILES string of the molecule is CCc1ccc(-c2ccccc2)c(CC)c1-n1cc[n+]2c1-c1ccccc1C2. The van der Waals surface area contributed by atoms with Crippen LogP contribution in [-0.4, -0.2) is 4.57 Å². The first kappa shape index (κ1) is 17.0. The zero-order chi connectivity index (χ0) is 19.1. The van der Waals surface area contributed by atoms with Gasteiger partial charge in [0.25, 0.3) is 5.82 Å². The summed E-state index contributed by atoms with van der Waals surface area (Å²) in [4.78, 5) is 0. The number of aryl methyl sites for hydroxylation is 1. The first-order valence-corrected chi connectivity index (χ1v) is 10.2. The van der Waals surface area contributed by atoms with E-state index in [1.807, 2.05) is 0 Å². The number of rotatable bonds is 4. The summed E-state index contributed by atoms with van der Waals surface area (Å²) in [5.41, 5.74) is 9.57. The number of benzene rings is 3. The Labute approximate surface area is 166 Å². The molecule has 0 atom stereocenters. The van der Waals surface area contributed by atoms with Crippen LogP contribution < -0.4 is 4.57 Å². The topological polar surface area (TPSA) is 8.81 Å². The third-order valence-corrected chi connectivity index (χ3v) is 5.92. The molecule has 3 aromatic carbocycles. The molecule has 1 aliphatic rings. The Hall–Kier alpha value is -3.13. The van der Waals surface area contributed by atoms with Gasteiger partial charge in [-0.25, -0.2) is 4.57 Å². The van der Waals surface area contributed by atoms with Gasteiger partial charge < -0.3 is 0 Å². The van der Waals surface area contributed by atoms with E-state index in [2.05, 4.69) is 102 Å². The minimum absolute atomic E-state index is 0.958. The second kappa shape index (κ2) is 6.79. The molecule has 0 fully saturated rings. The van der Waals surface area contributed by atoms with Crippen LogP contribution in [0.4, 0.5) is 0 Å². The summed E-state index contributed by atoms with van der Waals surface area (Å²) in [6.07, 6.45) is 6.50. The third-order valence-electron chi connectivity index (χ3n) is 5.92. The van der Waals surface area contributed by atoms with Gasteiger partial charge in [-0.15, -0.1) is 0 Å². The van der Waals surface area contributed by atoms with Crippen LogP contribution in [0.25, 0.3) is 28.2 Å². The summed E-state index contributed by atoms with van der Waals surface area (Å²) in [5, 5.41) is 0. The predicted octanol–water partition coefficient (Wildman–Crippen LogP) is 5.59. The van der Waals surface area contributed by atoms with Crippen molar-refractivity contribution >= 4 is 0 Å². The number of imidazole rings is 1. The van der Waals surface area contributed by atoms with Crippen molar-refractivity contribution in [2.75, 3.05) is 0 Å². The summed E-state index contributed by atoms with van der Waals surface area (Å²) < 4.78 is 4.80. The van der Waals surface area contributed by atoms with Crippen molar-refractivity contribution < 1.29 is 4.57 Å². The zero-order valence-corrected chi connectivity index (χ0v) is 16.5. The Bertz CT molecular complexity index is 1150. The van der Waals surface area contributed by atoms with Gasteiger partial charge in [0.15, 0.2) is 0 Å². The molecule has 0 aliphatic carbocycles. The normalized spacial score (nSPS) is 12.1. The molecule has 0 unspecified atom stereocenters. The number of aromatic nitrogens is 2. The number of hydrogen-bond acceptors (Lipinski definition) is 0. The van der Waals surface area contributed by atoms with Crippen LogP contribution in [0.2, 0.25) is 0 Å². The Morgan fingerprint density at radius 3 is 2.39 bits per heavy atom. The molecule has 2 heteroatoms. The van der Waals surface area contributed by atoms with Gasteiger partial charge in [-0.05, 0) is 35.6 Å². The average molecular weight is 366 g/mol. The maximum Gasteiger partial charge on any atom is 0.294 e. The highest BCUT2D eigenvalue weighted by Gasteiger charge is 2.31. The lowest BCUT2D eigenvalue weighted by Gasteiger charge is -2.16. The zero-order valence-electron chi connectivity index (χ0n) is 16.5. The molecule has 0 saturated heterocycles. The second-order valence-electron chi connectivity index (χ2n) is 7.45. The standard InChI is InChI=1S/C26H25N2/c1-3-19-14-15-23(20-10-6-5-7-11-20)22(4-2)25(19)28-17-16-27-18-21-12-8-9-13-24(21)26(27)28/h5-17H,3-4,18H2,1-2H3/q+1. The fourth-order valence-corrected chi connectivity index (χ4v) is 4.60. The highest BCUT2D eigenvalue weighted by atomic mass is 15.2. The molecule has 2 nitrogen and oxygen atoms in total. The van der Waals surface area contributed by atoms with Gasteiger partial charge in [0.05, 0.1) is 5.56 Å². The second-order valence-corrected chi connectivity index (χ2v) is 7.45. The molecular formula is C26H25N2+. The Kier molecular flexibility index (Phi) is 4.12. The molecule has 0 amide bonds. The highest BCUT2D eigenvalue weighted by Crippen LogP contribution is 2.35. The van der Waals surface area contributed by atoms with Gasteiger partial charge in [0, 0.05) is 11.1 Å². The van der Waals surface area contributed by atoms with E-state index in [0.29, 0.717) is 0 Å². The van der Waals surface area contributed by atoms with Crippen molar-refractivity contribution in [3.63, 3.8) is 0 Å². The van der Waals surface area contributed by atoms with E-state index >= 15 is 0 Å². The average Bonchev–Trinajstić information content (AvgIpc) is 3.32. The molecule has 2 heterocycles. The van der Waals surface area contributed by atoms with E-state index in [9.17, 15) is 0 Å². The van der Waals surface area contributed by atoms with Gasteiger partial charge in [0.2, 0.25) is 0 Å². The van der Waals surface area contributed by atoms with Crippen LogP contribution in [0, 0.1) is 0 Å². The molecule has 28 heavy (non-hydrogen) atoms. The van der Waals surface area contributed by atoms with Crippen LogP contribution in [0.1, 0.15) is 30.5 Å². The number of fused-ring (bicyclic) bond motifs is 3. The summed E-state index contributed by atoms with van der Waals surface area (Å²) in [7, 11) is 0. The van der Waals surface area contributed by atoms with E-state index in [0.717, 1.165) is 19.4 Å². The van der Waals surface area contributed by atoms with Crippen LogP contribution >= 0.6 is 0 Å². The molecule has 0 bridgehead atoms. The number of hydrogen-bond donors (Lipinski definition) is 0. The largest absolute Gasteiger partial charge is 0.294 e. The van der Waals surface area contributed by atoms with Crippen LogP contribution in [-0.2, 0) is 19.4 Å². The predicted molar refractivity (Wildman–Crippen MR) is 115 cm³/mol. The monoisotopic (exact) mass is 365 g/mol. The Morgan fingerprint density at radius 1 is 0.821 bits per heavy atom. The van der Waals surface area contributed by atoms with Crippen molar-refractivity contribution in [2.45, 2.75) is 33.2 Å². The lowest BCUT2D eigenvalue weighted by molar-refractivity contribution is -0.671. The fraction of sp³-hybridized carbons (Fsp3) is 0.192. The maximum atomic E-state index is 2.43. The molecule has 5 rings (SSSR count). The molecule has 0 saturated carbocycles. The van der Waals surface area contributed by atoms with Gasteiger partial charge in [-0.2, -0.15) is 4.57 Å². The summed E-state index contributed by atoms with van der Waals surface area (Å²) in [6.45, 7) is 5.49. The molecule has 0 N–H and O–H groups in total. The molecular weight excluding hydrogens is 340 g/mol. The fourth-order valence-electron chi connectivity index (χ4n) is 4.60. The molecule has 0 spiro atoms.